The summed E-state index contributed by atoms with van der Waals surface area (Å²) in [4.78, 5) is 8.65. The number of benzene rings is 1. The van der Waals surface area contributed by atoms with Crippen LogP contribution in [0.4, 0.5) is 0 Å². The number of rotatable bonds is 6. The zero-order valence-corrected chi connectivity index (χ0v) is 12.7. The quantitative estimate of drug-likeness (QED) is 0.630. The zero-order chi connectivity index (χ0) is 14.9. The first-order chi connectivity index (χ1) is 10.3. The second-order valence-corrected chi connectivity index (χ2v) is 4.78. The van der Waals surface area contributed by atoms with Crippen LogP contribution in [0, 0.1) is 0 Å². The van der Waals surface area contributed by atoms with Crippen LogP contribution in [0.2, 0.25) is 0 Å². The number of imidazole rings is 1. The van der Waals surface area contributed by atoms with Gasteiger partial charge in [0.1, 0.15) is 0 Å². The van der Waals surface area contributed by atoms with Gasteiger partial charge < -0.3 is 15.2 Å². The van der Waals surface area contributed by atoms with Crippen molar-refractivity contribution in [2.45, 2.75) is 26.9 Å². The molecule has 2 aromatic rings. The third-order valence-electron chi connectivity index (χ3n) is 3.02. The van der Waals surface area contributed by atoms with Crippen LogP contribution in [0.15, 0.2) is 48.0 Å². The SMILES string of the molecule is CCNC(=NCc1cccc(Cn2ccnc2)c1)NCC. The first kappa shape index (κ1) is 15.1. The monoisotopic (exact) mass is 285 g/mol. The summed E-state index contributed by atoms with van der Waals surface area (Å²) in [5.74, 6) is 0.861. The van der Waals surface area contributed by atoms with Crippen LogP contribution in [0.25, 0.3) is 0 Å². The minimum absolute atomic E-state index is 0.674. The van der Waals surface area contributed by atoms with E-state index in [0.29, 0.717) is 6.54 Å². The van der Waals surface area contributed by atoms with Crippen LogP contribution in [-0.4, -0.2) is 28.6 Å². The number of aromatic nitrogens is 2. The summed E-state index contributed by atoms with van der Waals surface area (Å²) in [6.45, 7) is 7.38. The normalized spacial score (nSPS) is 10.2. The summed E-state index contributed by atoms with van der Waals surface area (Å²) in [7, 11) is 0. The molecule has 1 heterocycles. The highest BCUT2D eigenvalue weighted by Crippen LogP contribution is 2.08. The molecule has 1 aromatic heterocycles. The summed E-state index contributed by atoms with van der Waals surface area (Å²) in [5.41, 5.74) is 2.47. The van der Waals surface area contributed by atoms with E-state index >= 15 is 0 Å². The van der Waals surface area contributed by atoms with Crippen molar-refractivity contribution >= 4 is 5.96 Å². The Hall–Kier alpha value is -2.30. The van der Waals surface area contributed by atoms with Gasteiger partial charge in [-0.25, -0.2) is 9.98 Å². The minimum Gasteiger partial charge on any atom is -0.357 e. The number of nitrogens with zero attached hydrogens (tertiary/aromatic N) is 3. The molecule has 0 radical (unpaired) electrons. The van der Waals surface area contributed by atoms with E-state index in [4.69, 9.17) is 0 Å². The standard InChI is InChI=1S/C16H23N5/c1-3-18-16(19-4-2)20-11-14-6-5-7-15(10-14)12-21-9-8-17-13-21/h5-10,13H,3-4,11-12H2,1-2H3,(H2,18,19,20). The molecule has 0 aliphatic heterocycles. The Kier molecular flexibility index (Phi) is 5.82. The summed E-state index contributed by atoms with van der Waals surface area (Å²) in [5, 5.41) is 6.46. The fraction of sp³-hybridized carbons (Fsp3) is 0.375. The van der Waals surface area contributed by atoms with Crippen LogP contribution >= 0.6 is 0 Å². The van der Waals surface area contributed by atoms with E-state index in [1.54, 1.807) is 6.20 Å². The molecular formula is C16H23N5. The maximum atomic E-state index is 4.59. The summed E-state index contributed by atoms with van der Waals surface area (Å²) < 4.78 is 2.06. The fourth-order valence-corrected chi connectivity index (χ4v) is 2.10. The number of nitrogens with one attached hydrogen (secondary N) is 2. The largest absolute Gasteiger partial charge is 0.357 e. The van der Waals surface area contributed by atoms with Gasteiger partial charge in [-0.1, -0.05) is 24.3 Å². The lowest BCUT2D eigenvalue weighted by Gasteiger charge is -2.09. The van der Waals surface area contributed by atoms with Crippen molar-refractivity contribution in [3.8, 4) is 0 Å². The molecule has 0 bridgehead atoms. The van der Waals surface area contributed by atoms with Crippen LogP contribution in [0.5, 0.6) is 0 Å². The lowest BCUT2D eigenvalue weighted by molar-refractivity contribution is 0.794. The topological polar surface area (TPSA) is 54.2 Å². The Morgan fingerprint density at radius 2 is 1.95 bits per heavy atom. The van der Waals surface area contributed by atoms with Crippen LogP contribution in [0.3, 0.4) is 0 Å². The van der Waals surface area contributed by atoms with E-state index in [0.717, 1.165) is 25.6 Å². The molecular weight excluding hydrogens is 262 g/mol. The molecule has 21 heavy (non-hydrogen) atoms. The molecule has 112 valence electrons. The molecule has 0 aliphatic carbocycles. The first-order valence-electron chi connectivity index (χ1n) is 7.37. The van der Waals surface area contributed by atoms with Gasteiger partial charge in [0.2, 0.25) is 0 Å². The van der Waals surface area contributed by atoms with E-state index in [1.807, 2.05) is 12.5 Å². The molecule has 2 rings (SSSR count). The van der Waals surface area contributed by atoms with Crippen molar-refractivity contribution in [2.75, 3.05) is 13.1 Å². The Balaban J connectivity index is 2.01. The second-order valence-electron chi connectivity index (χ2n) is 4.78. The lowest BCUT2D eigenvalue weighted by Crippen LogP contribution is -2.36. The summed E-state index contributed by atoms with van der Waals surface area (Å²) in [6, 6.07) is 8.51. The highest BCUT2D eigenvalue weighted by molar-refractivity contribution is 5.79. The number of hydrogen-bond donors (Lipinski definition) is 2. The van der Waals surface area contributed by atoms with Gasteiger partial charge in [0.05, 0.1) is 12.9 Å². The molecule has 5 nitrogen and oxygen atoms in total. The first-order valence-corrected chi connectivity index (χ1v) is 7.37. The highest BCUT2D eigenvalue weighted by atomic mass is 15.2. The molecule has 2 N–H and O–H groups in total. The highest BCUT2D eigenvalue weighted by Gasteiger charge is 1.99. The van der Waals surface area contributed by atoms with Gasteiger partial charge in [-0.15, -0.1) is 0 Å². The van der Waals surface area contributed by atoms with Gasteiger partial charge in [0, 0.05) is 32.0 Å². The van der Waals surface area contributed by atoms with Crippen molar-refractivity contribution in [1.29, 1.82) is 0 Å². The fourth-order valence-electron chi connectivity index (χ4n) is 2.10. The van der Waals surface area contributed by atoms with Gasteiger partial charge in [0.15, 0.2) is 5.96 Å². The number of hydrogen-bond acceptors (Lipinski definition) is 2. The maximum absolute atomic E-state index is 4.59. The number of guanidine groups is 1. The lowest BCUT2D eigenvalue weighted by atomic mass is 10.1. The van der Waals surface area contributed by atoms with Gasteiger partial charge in [-0.05, 0) is 25.0 Å². The number of aliphatic imine (C=N–C) groups is 1. The molecule has 1 aromatic carbocycles. The van der Waals surface area contributed by atoms with E-state index < -0.39 is 0 Å². The van der Waals surface area contributed by atoms with E-state index in [-0.39, 0.29) is 0 Å². The Morgan fingerprint density at radius 1 is 1.19 bits per heavy atom. The van der Waals surface area contributed by atoms with Crippen LogP contribution in [-0.2, 0) is 13.1 Å². The van der Waals surface area contributed by atoms with Crippen molar-refractivity contribution < 1.29 is 0 Å². The van der Waals surface area contributed by atoms with E-state index in [2.05, 4.69) is 63.3 Å². The van der Waals surface area contributed by atoms with Crippen molar-refractivity contribution in [3.05, 3.63) is 54.1 Å². The molecule has 0 saturated carbocycles. The van der Waals surface area contributed by atoms with Gasteiger partial charge in [0.25, 0.3) is 0 Å². The van der Waals surface area contributed by atoms with Crippen molar-refractivity contribution in [2.24, 2.45) is 4.99 Å². The Bertz CT molecular complexity index is 552. The van der Waals surface area contributed by atoms with Gasteiger partial charge >= 0.3 is 0 Å². The smallest absolute Gasteiger partial charge is 0.191 e. The molecule has 0 amide bonds. The second kappa shape index (κ2) is 8.09. The van der Waals surface area contributed by atoms with Crippen LogP contribution in [0.1, 0.15) is 25.0 Å². The molecule has 0 fully saturated rings. The van der Waals surface area contributed by atoms with E-state index in [1.165, 1.54) is 11.1 Å². The third kappa shape index (κ3) is 4.95. The summed E-state index contributed by atoms with van der Waals surface area (Å²) >= 11 is 0. The molecule has 0 atom stereocenters. The van der Waals surface area contributed by atoms with Crippen molar-refractivity contribution in [1.82, 2.24) is 20.2 Å². The molecule has 5 heteroatoms. The van der Waals surface area contributed by atoms with E-state index in [9.17, 15) is 0 Å². The van der Waals surface area contributed by atoms with Crippen molar-refractivity contribution in [3.63, 3.8) is 0 Å². The minimum atomic E-state index is 0.674. The predicted molar refractivity (Wildman–Crippen MR) is 86.3 cm³/mol. The van der Waals surface area contributed by atoms with Crippen LogP contribution < -0.4 is 10.6 Å². The molecule has 0 saturated heterocycles. The molecule has 0 spiro atoms. The average Bonchev–Trinajstić information content (AvgIpc) is 2.99. The zero-order valence-electron chi connectivity index (χ0n) is 12.7. The Morgan fingerprint density at radius 3 is 2.62 bits per heavy atom. The third-order valence-corrected chi connectivity index (χ3v) is 3.02. The summed E-state index contributed by atoms with van der Waals surface area (Å²) in [6.07, 6.45) is 5.60. The maximum Gasteiger partial charge on any atom is 0.191 e. The molecule has 0 unspecified atom stereocenters. The Labute approximate surface area is 126 Å². The molecule has 0 aliphatic rings. The average molecular weight is 285 g/mol. The van der Waals surface area contributed by atoms with Gasteiger partial charge in [-0.2, -0.15) is 0 Å². The van der Waals surface area contributed by atoms with Gasteiger partial charge in [-0.3, -0.25) is 0 Å². The predicted octanol–water partition coefficient (Wildman–Crippen LogP) is 2.01.